The van der Waals surface area contributed by atoms with E-state index < -0.39 is 11.7 Å². The average molecular weight is 609 g/mol. The van der Waals surface area contributed by atoms with Crippen molar-refractivity contribution >= 4 is 12.2 Å². The van der Waals surface area contributed by atoms with E-state index in [1.165, 1.54) is 10.5 Å². The van der Waals surface area contributed by atoms with Gasteiger partial charge in [-0.1, -0.05) is 48.9 Å². The van der Waals surface area contributed by atoms with E-state index in [0.717, 1.165) is 95.9 Å². The summed E-state index contributed by atoms with van der Waals surface area (Å²) >= 11 is 0. The Morgan fingerprint density at radius 2 is 1.73 bits per heavy atom. The van der Waals surface area contributed by atoms with Crippen LogP contribution in [0.25, 0.3) is 33.6 Å². The standard InChI is InChI=1S/C35H40N6O4/c1-35(2,3)45-33(42)39-26-7-4-6-25(26)31-36-19-28(38-31)21-11-9-20(10-12-21)22-13-15-24-23(18-22)14-16-27-30(24)40-32(37-27)29-8-5-17-41(29)34(43)44/h9-13,15,18-19,25-26,29H,4-8,14,16-17H2,1-3H3,(H,36,38)(H,37,40)(H,39,42)(H,43,44). The monoisotopic (exact) mass is 608 g/mol. The highest BCUT2D eigenvalue weighted by molar-refractivity contribution is 5.76. The first-order valence-electron chi connectivity index (χ1n) is 16.0. The number of likely N-dealkylation sites (tertiary alicyclic amines) is 1. The highest BCUT2D eigenvalue weighted by Crippen LogP contribution is 2.39. The fraction of sp³-hybridized carbons (Fsp3) is 0.429. The second kappa shape index (κ2) is 11.4. The number of aromatic nitrogens is 4. The zero-order valence-corrected chi connectivity index (χ0v) is 26.0. The van der Waals surface area contributed by atoms with Crippen LogP contribution in [-0.4, -0.2) is 60.3 Å². The van der Waals surface area contributed by atoms with Crippen LogP contribution in [0.5, 0.6) is 0 Å². The highest BCUT2D eigenvalue weighted by Gasteiger charge is 2.34. The third-order valence-electron chi connectivity index (χ3n) is 9.31. The lowest BCUT2D eigenvalue weighted by molar-refractivity contribution is 0.0500. The molecular formula is C35H40N6O4. The lowest BCUT2D eigenvalue weighted by Crippen LogP contribution is -2.40. The number of alkyl carbamates (subject to hydrolysis) is 1. The largest absolute Gasteiger partial charge is 0.465 e. The molecule has 3 atom stereocenters. The number of ether oxygens (including phenoxy) is 1. The molecule has 1 saturated heterocycles. The van der Waals surface area contributed by atoms with Crippen LogP contribution >= 0.6 is 0 Å². The number of nitrogens with zero attached hydrogens (tertiary/aromatic N) is 3. The average Bonchev–Trinajstić information content (AvgIpc) is 3.81. The van der Waals surface area contributed by atoms with Crippen molar-refractivity contribution in [1.82, 2.24) is 30.2 Å². The van der Waals surface area contributed by atoms with Crippen molar-refractivity contribution in [2.24, 2.45) is 0 Å². The minimum absolute atomic E-state index is 0.00323. The zero-order chi connectivity index (χ0) is 31.3. The molecule has 45 heavy (non-hydrogen) atoms. The SMILES string of the molecule is CC(C)(C)OC(=O)NC1CCCC1c1ncc(-c2ccc(-c3ccc4c(c3)CCc3[nH]c(C5CCCN5C(=O)O)nc3-4)cc2)[nH]1. The van der Waals surface area contributed by atoms with Gasteiger partial charge in [-0.3, -0.25) is 4.90 Å². The quantitative estimate of drug-likeness (QED) is 0.189. The first-order chi connectivity index (χ1) is 21.6. The number of benzene rings is 2. The second-order valence-electron chi connectivity index (χ2n) is 13.5. The van der Waals surface area contributed by atoms with Crippen LogP contribution in [0.1, 0.15) is 87.7 Å². The lowest BCUT2D eigenvalue weighted by atomic mass is 9.89. The molecule has 0 spiro atoms. The molecule has 2 aromatic carbocycles. The molecule has 3 heterocycles. The van der Waals surface area contributed by atoms with E-state index in [1.807, 2.05) is 27.0 Å². The molecule has 1 aliphatic heterocycles. The van der Waals surface area contributed by atoms with Crippen molar-refractivity contribution < 1.29 is 19.4 Å². The van der Waals surface area contributed by atoms with Gasteiger partial charge >= 0.3 is 12.2 Å². The van der Waals surface area contributed by atoms with Crippen molar-refractivity contribution in [3.05, 3.63) is 71.6 Å². The number of amides is 2. The molecule has 4 N–H and O–H groups in total. The Hall–Kier alpha value is -4.60. The van der Waals surface area contributed by atoms with Gasteiger partial charge in [0, 0.05) is 29.8 Å². The molecule has 2 fully saturated rings. The topological polar surface area (TPSA) is 136 Å². The summed E-state index contributed by atoms with van der Waals surface area (Å²) in [5, 5.41) is 12.7. The van der Waals surface area contributed by atoms with Gasteiger partial charge in [-0.15, -0.1) is 0 Å². The maximum atomic E-state index is 12.4. The summed E-state index contributed by atoms with van der Waals surface area (Å²) in [4.78, 5) is 42.2. The number of carbonyl (C=O) groups is 2. The number of H-pyrrole nitrogens is 2. The third kappa shape index (κ3) is 5.81. The number of hydrogen-bond donors (Lipinski definition) is 4. The molecule has 4 aromatic rings. The summed E-state index contributed by atoms with van der Waals surface area (Å²) in [5.74, 6) is 1.78. The molecule has 3 aliphatic rings. The molecule has 3 unspecified atom stereocenters. The lowest BCUT2D eigenvalue weighted by Gasteiger charge is -2.24. The van der Waals surface area contributed by atoms with Crippen LogP contribution in [0.3, 0.4) is 0 Å². The number of carbonyl (C=O) groups excluding carboxylic acids is 1. The molecule has 2 aromatic heterocycles. The van der Waals surface area contributed by atoms with Gasteiger partial charge in [-0.2, -0.15) is 0 Å². The van der Waals surface area contributed by atoms with E-state index in [9.17, 15) is 14.7 Å². The maximum Gasteiger partial charge on any atom is 0.407 e. The summed E-state index contributed by atoms with van der Waals surface area (Å²) in [6.45, 7) is 6.16. The van der Waals surface area contributed by atoms with Crippen LogP contribution < -0.4 is 5.32 Å². The van der Waals surface area contributed by atoms with Gasteiger partial charge in [0.1, 0.15) is 17.2 Å². The number of nitrogens with one attached hydrogen (secondary N) is 3. The summed E-state index contributed by atoms with van der Waals surface area (Å²) in [7, 11) is 0. The first-order valence-corrected chi connectivity index (χ1v) is 16.0. The Bertz CT molecular complexity index is 1730. The van der Waals surface area contributed by atoms with Gasteiger partial charge in [0.2, 0.25) is 0 Å². The van der Waals surface area contributed by atoms with Crippen molar-refractivity contribution in [2.75, 3.05) is 6.54 Å². The number of imidazole rings is 2. The van der Waals surface area contributed by atoms with Gasteiger partial charge in [-0.25, -0.2) is 19.6 Å². The van der Waals surface area contributed by atoms with Crippen LogP contribution in [0.15, 0.2) is 48.7 Å². The van der Waals surface area contributed by atoms with Gasteiger partial charge in [-0.05, 0) is 81.5 Å². The van der Waals surface area contributed by atoms with E-state index in [4.69, 9.17) is 14.7 Å². The summed E-state index contributed by atoms with van der Waals surface area (Å²) < 4.78 is 5.48. The minimum atomic E-state index is -0.883. The number of carboxylic acid groups (broad SMARTS) is 1. The van der Waals surface area contributed by atoms with Crippen LogP contribution in [0.2, 0.25) is 0 Å². The molecule has 234 valence electrons. The Morgan fingerprint density at radius 3 is 2.51 bits per heavy atom. The van der Waals surface area contributed by atoms with E-state index in [1.54, 1.807) is 0 Å². The Kier molecular flexibility index (Phi) is 7.38. The molecule has 2 amide bonds. The predicted octanol–water partition coefficient (Wildman–Crippen LogP) is 7.21. The molecule has 0 bridgehead atoms. The van der Waals surface area contributed by atoms with Gasteiger partial charge in [0.15, 0.2) is 0 Å². The van der Waals surface area contributed by atoms with Crippen molar-refractivity contribution in [3.8, 4) is 33.6 Å². The van der Waals surface area contributed by atoms with Gasteiger partial charge in [0.25, 0.3) is 0 Å². The summed E-state index contributed by atoms with van der Waals surface area (Å²) in [6.07, 6.45) is 6.94. The molecule has 10 heteroatoms. The Balaban J connectivity index is 1.05. The summed E-state index contributed by atoms with van der Waals surface area (Å²) in [6, 6.07) is 14.9. The normalized spacial score (nSPS) is 21.0. The zero-order valence-electron chi connectivity index (χ0n) is 26.0. The van der Waals surface area contributed by atoms with Crippen molar-refractivity contribution in [2.45, 2.75) is 89.3 Å². The molecule has 1 saturated carbocycles. The second-order valence-corrected chi connectivity index (χ2v) is 13.5. The van der Waals surface area contributed by atoms with Crippen LogP contribution in [-0.2, 0) is 17.6 Å². The predicted molar refractivity (Wildman–Crippen MR) is 171 cm³/mol. The molecule has 2 aliphatic carbocycles. The fourth-order valence-corrected chi connectivity index (χ4v) is 7.17. The van der Waals surface area contributed by atoms with Gasteiger partial charge in [0.05, 0.1) is 23.6 Å². The Labute approximate surface area is 262 Å². The number of hydrogen-bond acceptors (Lipinski definition) is 5. The van der Waals surface area contributed by atoms with Crippen LogP contribution in [0, 0.1) is 0 Å². The summed E-state index contributed by atoms with van der Waals surface area (Å²) in [5.41, 5.74) is 8.19. The number of aromatic amines is 2. The third-order valence-corrected chi connectivity index (χ3v) is 9.31. The molecule has 7 rings (SSSR count). The maximum absolute atomic E-state index is 12.4. The highest BCUT2D eigenvalue weighted by atomic mass is 16.6. The first kappa shape index (κ1) is 29.1. The van der Waals surface area contributed by atoms with Gasteiger partial charge < -0.3 is 25.1 Å². The molecule has 0 radical (unpaired) electrons. The molecular weight excluding hydrogens is 568 g/mol. The number of rotatable bonds is 5. The van der Waals surface area contributed by atoms with Crippen molar-refractivity contribution in [3.63, 3.8) is 0 Å². The fourth-order valence-electron chi connectivity index (χ4n) is 7.17. The van der Waals surface area contributed by atoms with E-state index in [-0.39, 0.29) is 24.1 Å². The minimum Gasteiger partial charge on any atom is -0.465 e. The van der Waals surface area contributed by atoms with Crippen LogP contribution in [0.4, 0.5) is 9.59 Å². The van der Waals surface area contributed by atoms with Crippen molar-refractivity contribution in [1.29, 1.82) is 0 Å². The smallest absolute Gasteiger partial charge is 0.407 e. The van der Waals surface area contributed by atoms with E-state index in [0.29, 0.717) is 6.54 Å². The number of aryl methyl sites for hydroxylation is 2. The number of fused-ring (bicyclic) bond motifs is 3. The van der Waals surface area contributed by atoms with E-state index in [2.05, 4.69) is 57.7 Å². The van der Waals surface area contributed by atoms with E-state index >= 15 is 0 Å². The molecule has 10 nitrogen and oxygen atoms in total. The Morgan fingerprint density at radius 1 is 0.956 bits per heavy atom.